The first-order valence-corrected chi connectivity index (χ1v) is 7.50. The number of piperidine rings is 1. The first kappa shape index (κ1) is 11.6. The molecule has 0 amide bonds. The lowest BCUT2D eigenvalue weighted by Gasteiger charge is -2.31. The largest absolute Gasteiger partial charge is 0.328 e. The first-order chi connectivity index (χ1) is 8.22. The van der Waals surface area contributed by atoms with Gasteiger partial charge in [-0.25, -0.2) is 4.98 Å². The minimum Gasteiger partial charge on any atom is -0.328 e. The third-order valence-corrected chi connectivity index (χ3v) is 5.23. The second-order valence-corrected chi connectivity index (χ2v) is 6.51. The number of aromatic nitrogens is 1. The van der Waals surface area contributed by atoms with Gasteiger partial charge in [-0.05, 0) is 45.8 Å². The maximum atomic E-state index is 5.84. The summed E-state index contributed by atoms with van der Waals surface area (Å²) in [5.41, 5.74) is 7.15. The maximum Gasteiger partial charge on any atom is 0.0960 e. The summed E-state index contributed by atoms with van der Waals surface area (Å²) in [4.78, 5) is 7.27. The van der Waals surface area contributed by atoms with E-state index < -0.39 is 0 Å². The van der Waals surface area contributed by atoms with Gasteiger partial charge in [-0.15, -0.1) is 11.3 Å². The fourth-order valence-electron chi connectivity index (χ4n) is 2.83. The van der Waals surface area contributed by atoms with Gasteiger partial charge < -0.3 is 10.6 Å². The predicted molar refractivity (Wildman–Crippen MR) is 71.5 cm³/mol. The molecule has 1 aliphatic heterocycles. The molecule has 0 unspecified atom stereocenters. The van der Waals surface area contributed by atoms with Crippen LogP contribution in [0.1, 0.15) is 48.2 Å². The summed E-state index contributed by atoms with van der Waals surface area (Å²) in [5.74, 6) is 1.36. The molecule has 17 heavy (non-hydrogen) atoms. The highest BCUT2D eigenvalue weighted by Gasteiger charge is 2.30. The first-order valence-electron chi connectivity index (χ1n) is 6.62. The summed E-state index contributed by atoms with van der Waals surface area (Å²) >= 11 is 1.87. The molecule has 1 saturated heterocycles. The van der Waals surface area contributed by atoms with E-state index in [0.29, 0.717) is 17.9 Å². The molecule has 3 nitrogen and oxygen atoms in total. The average Bonchev–Trinajstić information content (AvgIpc) is 2.75. The number of nitrogens with two attached hydrogens (primary N) is 1. The number of hydrogen-bond donors (Lipinski definition) is 1. The van der Waals surface area contributed by atoms with Gasteiger partial charge >= 0.3 is 0 Å². The van der Waals surface area contributed by atoms with Crippen molar-refractivity contribution < 1.29 is 0 Å². The van der Waals surface area contributed by atoms with Gasteiger partial charge in [0, 0.05) is 23.3 Å². The van der Waals surface area contributed by atoms with Crippen LogP contribution in [0.5, 0.6) is 0 Å². The predicted octanol–water partition coefficient (Wildman–Crippen LogP) is 2.16. The van der Waals surface area contributed by atoms with E-state index in [9.17, 15) is 0 Å². The summed E-state index contributed by atoms with van der Waals surface area (Å²) < 4.78 is 0. The SMILES string of the molecule is CN1CCC(c2nc(C3CC(N)C3)cs2)CC1. The number of nitrogens with zero attached hydrogens (tertiary/aromatic N) is 2. The van der Waals surface area contributed by atoms with Crippen LogP contribution in [0.2, 0.25) is 0 Å². The van der Waals surface area contributed by atoms with E-state index in [-0.39, 0.29) is 0 Å². The van der Waals surface area contributed by atoms with Crippen molar-refractivity contribution in [2.75, 3.05) is 20.1 Å². The molecule has 1 saturated carbocycles. The van der Waals surface area contributed by atoms with Gasteiger partial charge in [0.25, 0.3) is 0 Å². The Morgan fingerprint density at radius 2 is 2.00 bits per heavy atom. The topological polar surface area (TPSA) is 42.2 Å². The Hall–Kier alpha value is -0.450. The van der Waals surface area contributed by atoms with Crippen LogP contribution < -0.4 is 5.73 Å². The maximum absolute atomic E-state index is 5.84. The van der Waals surface area contributed by atoms with E-state index in [1.807, 2.05) is 11.3 Å². The van der Waals surface area contributed by atoms with Crippen LogP contribution in [0.3, 0.4) is 0 Å². The third-order valence-electron chi connectivity index (χ3n) is 4.20. The Balaban J connectivity index is 1.64. The molecule has 0 bridgehead atoms. The van der Waals surface area contributed by atoms with Crippen LogP contribution in [-0.2, 0) is 0 Å². The van der Waals surface area contributed by atoms with Crippen molar-refractivity contribution in [2.45, 2.75) is 43.6 Å². The molecule has 0 atom stereocenters. The molecule has 3 rings (SSSR count). The molecule has 2 aliphatic rings. The molecule has 2 fully saturated rings. The van der Waals surface area contributed by atoms with Crippen molar-refractivity contribution in [2.24, 2.45) is 5.73 Å². The molecule has 0 aromatic carbocycles. The number of likely N-dealkylation sites (tertiary alicyclic amines) is 1. The minimum absolute atomic E-state index is 0.425. The molecule has 0 spiro atoms. The lowest BCUT2D eigenvalue weighted by atomic mass is 9.79. The van der Waals surface area contributed by atoms with Gasteiger partial charge in [-0.1, -0.05) is 0 Å². The van der Waals surface area contributed by atoms with Crippen molar-refractivity contribution in [3.05, 3.63) is 16.1 Å². The van der Waals surface area contributed by atoms with Gasteiger partial charge in [-0.3, -0.25) is 0 Å². The van der Waals surface area contributed by atoms with Crippen LogP contribution in [0, 0.1) is 0 Å². The fourth-order valence-corrected chi connectivity index (χ4v) is 3.91. The summed E-state index contributed by atoms with van der Waals surface area (Å²) in [5, 5.41) is 3.64. The molecule has 94 valence electrons. The zero-order chi connectivity index (χ0) is 11.8. The molecule has 2 N–H and O–H groups in total. The molecule has 1 aromatic rings. The highest BCUT2D eigenvalue weighted by Crippen LogP contribution is 2.38. The van der Waals surface area contributed by atoms with Gasteiger partial charge in [0.1, 0.15) is 0 Å². The number of rotatable bonds is 2. The second-order valence-electron chi connectivity index (χ2n) is 5.62. The minimum atomic E-state index is 0.425. The van der Waals surface area contributed by atoms with Crippen molar-refractivity contribution in [3.63, 3.8) is 0 Å². The smallest absolute Gasteiger partial charge is 0.0960 e. The van der Waals surface area contributed by atoms with Crippen molar-refractivity contribution in [1.82, 2.24) is 9.88 Å². The Morgan fingerprint density at radius 1 is 1.29 bits per heavy atom. The van der Waals surface area contributed by atoms with Crippen LogP contribution in [0.25, 0.3) is 0 Å². The van der Waals surface area contributed by atoms with E-state index in [0.717, 1.165) is 12.8 Å². The van der Waals surface area contributed by atoms with Crippen LogP contribution in [0.4, 0.5) is 0 Å². The molecule has 4 heteroatoms. The molecular formula is C13H21N3S. The van der Waals surface area contributed by atoms with E-state index in [1.54, 1.807) is 0 Å². The Kier molecular flexibility index (Phi) is 3.19. The van der Waals surface area contributed by atoms with Crippen LogP contribution in [0.15, 0.2) is 5.38 Å². The molecular weight excluding hydrogens is 230 g/mol. The summed E-state index contributed by atoms with van der Waals surface area (Å²) in [7, 11) is 2.21. The van der Waals surface area contributed by atoms with Gasteiger partial charge in [0.15, 0.2) is 0 Å². The van der Waals surface area contributed by atoms with Crippen molar-refractivity contribution in [3.8, 4) is 0 Å². The highest BCUT2D eigenvalue weighted by molar-refractivity contribution is 7.09. The Morgan fingerprint density at radius 3 is 2.65 bits per heavy atom. The van der Waals surface area contributed by atoms with E-state index in [2.05, 4.69) is 17.3 Å². The summed E-state index contributed by atoms with van der Waals surface area (Å²) in [6, 6.07) is 0.425. The Labute approximate surface area is 107 Å². The normalized spacial score (nSPS) is 31.4. The molecule has 2 heterocycles. The van der Waals surface area contributed by atoms with Gasteiger partial charge in [0.2, 0.25) is 0 Å². The van der Waals surface area contributed by atoms with Gasteiger partial charge in [0.05, 0.1) is 10.7 Å². The van der Waals surface area contributed by atoms with Crippen LogP contribution >= 0.6 is 11.3 Å². The van der Waals surface area contributed by atoms with Gasteiger partial charge in [-0.2, -0.15) is 0 Å². The van der Waals surface area contributed by atoms with Crippen LogP contribution in [-0.4, -0.2) is 36.1 Å². The third kappa shape index (κ3) is 2.39. The van der Waals surface area contributed by atoms with E-state index in [1.165, 1.54) is 36.6 Å². The zero-order valence-electron chi connectivity index (χ0n) is 10.4. The molecule has 1 aliphatic carbocycles. The summed E-state index contributed by atoms with van der Waals surface area (Å²) in [6.45, 7) is 2.43. The molecule has 0 radical (unpaired) electrons. The quantitative estimate of drug-likeness (QED) is 0.876. The number of hydrogen-bond acceptors (Lipinski definition) is 4. The molecule has 1 aromatic heterocycles. The zero-order valence-corrected chi connectivity index (χ0v) is 11.2. The number of thiazole rings is 1. The highest BCUT2D eigenvalue weighted by atomic mass is 32.1. The lowest BCUT2D eigenvalue weighted by molar-refractivity contribution is 0.254. The second kappa shape index (κ2) is 4.67. The van der Waals surface area contributed by atoms with Crippen molar-refractivity contribution >= 4 is 11.3 Å². The van der Waals surface area contributed by atoms with Crippen molar-refractivity contribution in [1.29, 1.82) is 0 Å². The Bertz CT molecular complexity index is 376. The lowest BCUT2D eigenvalue weighted by Crippen LogP contribution is -2.34. The average molecular weight is 251 g/mol. The monoisotopic (exact) mass is 251 g/mol. The standard InChI is InChI=1S/C13H21N3S/c1-16-4-2-9(3-5-16)13-15-12(8-17-13)10-6-11(14)7-10/h8-11H,2-7,14H2,1H3. The van der Waals surface area contributed by atoms with E-state index in [4.69, 9.17) is 10.7 Å². The summed E-state index contributed by atoms with van der Waals surface area (Å²) in [6.07, 6.45) is 4.81. The van der Waals surface area contributed by atoms with E-state index >= 15 is 0 Å². The fraction of sp³-hybridized carbons (Fsp3) is 0.769.